The Hall–Kier alpha value is -3.51. The standard InChI is InChI=1S/C24H27N5O5S2/c1-6-34-23(33)18-13(2)19(15(4)30)36-22(18)26-17(31)12-35-24-28-27-20(29(24)5)14(3)25-21(32)16-10-8-7-9-11-16/h7-11,14H,6,12H2,1-5H3,(H,25,32)(H,26,31)/t14-/m0/s1. The number of anilines is 1. The normalized spacial score (nSPS) is 11.6. The van der Waals surface area contributed by atoms with Crippen LogP contribution in [0.15, 0.2) is 35.5 Å². The molecule has 10 nitrogen and oxygen atoms in total. The molecule has 0 fully saturated rings. The van der Waals surface area contributed by atoms with Gasteiger partial charge < -0.3 is 19.9 Å². The predicted molar refractivity (Wildman–Crippen MR) is 138 cm³/mol. The van der Waals surface area contributed by atoms with Crippen LogP contribution >= 0.6 is 23.1 Å². The van der Waals surface area contributed by atoms with Crippen molar-refractivity contribution in [1.82, 2.24) is 20.1 Å². The number of rotatable bonds is 10. The Kier molecular flexibility index (Phi) is 8.99. The number of hydrogen-bond acceptors (Lipinski definition) is 9. The van der Waals surface area contributed by atoms with E-state index >= 15 is 0 Å². The molecule has 1 aromatic carbocycles. The Morgan fingerprint density at radius 1 is 1.17 bits per heavy atom. The summed E-state index contributed by atoms with van der Waals surface area (Å²) in [6.07, 6.45) is 0. The third-order valence-electron chi connectivity index (χ3n) is 5.17. The van der Waals surface area contributed by atoms with Crippen LogP contribution in [0.2, 0.25) is 0 Å². The summed E-state index contributed by atoms with van der Waals surface area (Å²) in [4.78, 5) is 49.9. The van der Waals surface area contributed by atoms with E-state index in [0.717, 1.165) is 23.1 Å². The fourth-order valence-corrected chi connectivity index (χ4v) is 5.27. The quantitative estimate of drug-likeness (QED) is 0.230. The molecule has 2 heterocycles. The van der Waals surface area contributed by atoms with Gasteiger partial charge in [0.15, 0.2) is 16.8 Å². The van der Waals surface area contributed by atoms with Crippen LogP contribution < -0.4 is 10.6 Å². The molecule has 190 valence electrons. The zero-order valence-electron chi connectivity index (χ0n) is 20.6. The molecule has 0 radical (unpaired) electrons. The van der Waals surface area contributed by atoms with E-state index in [1.54, 1.807) is 56.7 Å². The fourth-order valence-electron chi connectivity index (χ4n) is 3.44. The Labute approximate surface area is 216 Å². The van der Waals surface area contributed by atoms with E-state index < -0.39 is 12.0 Å². The van der Waals surface area contributed by atoms with E-state index in [1.165, 1.54) is 6.92 Å². The summed E-state index contributed by atoms with van der Waals surface area (Å²) in [6.45, 7) is 6.72. The molecule has 36 heavy (non-hydrogen) atoms. The molecule has 2 aromatic heterocycles. The summed E-state index contributed by atoms with van der Waals surface area (Å²) < 4.78 is 6.81. The molecule has 2 N–H and O–H groups in total. The summed E-state index contributed by atoms with van der Waals surface area (Å²) in [5.74, 6) is -0.869. The second-order valence-electron chi connectivity index (χ2n) is 7.83. The number of nitrogens with one attached hydrogen (secondary N) is 2. The molecule has 12 heteroatoms. The SMILES string of the molecule is CCOC(=O)c1c(NC(=O)CSc2nnc([C@H](C)NC(=O)c3ccccc3)n2C)sc(C(C)=O)c1C. The predicted octanol–water partition coefficient (Wildman–Crippen LogP) is 3.79. The lowest BCUT2D eigenvalue weighted by Gasteiger charge is -2.13. The van der Waals surface area contributed by atoms with Gasteiger partial charge in [-0.1, -0.05) is 30.0 Å². The van der Waals surface area contributed by atoms with Crippen molar-refractivity contribution < 1.29 is 23.9 Å². The minimum atomic E-state index is -0.591. The average Bonchev–Trinajstić information content (AvgIpc) is 3.37. The van der Waals surface area contributed by atoms with E-state index in [1.807, 2.05) is 6.07 Å². The van der Waals surface area contributed by atoms with Gasteiger partial charge in [0.25, 0.3) is 5.91 Å². The summed E-state index contributed by atoms with van der Waals surface area (Å²) >= 11 is 2.20. The van der Waals surface area contributed by atoms with Crippen molar-refractivity contribution >= 4 is 51.7 Å². The van der Waals surface area contributed by atoms with Gasteiger partial charge in [-0.25, -0.2) is 4.79 Å². The number of amides is 2. The molecule has 0 unspecified atom stereocenters. The van der Waals surface area contributed by atoms with Gasteiger partial charge in [0.05, 0.1) is 28.8 Å². The maximum atomic E-state index is 12.7. The van der Waals surface area contributed by atoms with Gasteiger partial charge in [-0.2, -0.15) is 0 Å². The van der Waals surface area contributed by atoms with E-state index in [-0.39, 0.29) is 40.5 Å². The molecule has 0 saturated carbocycles. The molecule has 0 aliphatic rings. The van der Waals surface area contributed by atoms with Crippen LogP contribution in [-0.4, -0.2) is 50.7 Å². The van der Waals surface area contributed by atoms with Crippen LogP contribution in [0.5, 0.6) is 0 Å². The number of benzene rings is 1. The van der Waals surface area contributed by atoms with Crippen LogP contribution in [-0.2, 0) is 16.6 Å². The highest BCUT2D eigenvalue weighted by atomic mass is 32.2. The van der Waals surface area contributed by atoms with Gasteiger partial charge >= 0.3 is 5.97 Å². The maximum absolute atomic E-state index is 12.7. The molecule has 3 aromatic rings. The zero-order chi connectivity index (χ0) is 26.4. The van der Waals surface area contributed by atoms with Crippen molar-refractivity contribution in [2.45, 2.75) is 38.9 Å². The lowest BCUT2D eigenvalue weighted by atomic mass is 10.1. The van der Waals surface area contributed by atoms with Gasteiger partial charge in [-0.3, -0.25) is 14.4 Å². The first kappa shape index (κ1) is 27.1. The van der Waals surface area contributed by atoms with E-state index in [9.17, 15) is 19.2 Å². The Bertz CT molecular complexity index is 1290. The minimum absolute atomic E-state index is 0.00858. The largest absolute Gasteiger partial charge is 0.462 e. The summed E-state index contributed by atoms with van der Waals surface area (Å²) in [5.41, 5.74) is 1.21. The van der Waals surface area contributed by atoms with E-state index in [4.69, 9.17) is 4.74 Å². The molecule has 3 rings (SSSR count). The van der Waals surface area contributed by atoms with Crippen LogP contribution in [0.3, 0.4) is 0 Å². The van der Waals surface area contributed by atoms with Gasteiger partial charge in [0, 0.05) is 12.6 Å². The van der Waals surface area contributed by atoms with E-state index in [2.05, 4.69) is 20.8 Å². The molecule has 0 bridgehead atoms. The molecular formula is C24H27N5O5S2. The fraction of sp³-hybridized carbons (Fsp3) is 0.333. The molecular weight excluding hydrogens is 502 g/mol. The molecule has 0 saturated heterocycles. The van der Waals surface area contributed by atoms with Crippen LogP contribution in [0.25, 0.3) is 0 Å². The van der Waals surface area contributed by atoms with Gasteiger partial charge in [0.2, 0.25) is 5.91 Å². The van der Waals surface area contributed by atoms with Crippen molar-refractivity contribution in [1.29, 1.82) is 0 Å². The van der Waals surface area contributed by atoms with Crippen molar-refractivity contribution in [3.05, 3.63) is 57.7 Å². The smallest absolute Gasteiger partial charge is 0.341 e. The number of ketones is 1. The van der Waals surface area contributed by atoms with Crippen LogP contribution in [0.1, 0.15) is 68.6 Å². The van der Waals surface area contributed by atoms with Gasteiger partial charge in [0.1, 0.15) is 5.00 Å². The molecule has 0 spiro atoms. The second kappa shape index (κ2) is 12.0. The lowest BCUT2D eigenvalue weighted by molar-refractivity contribution is -0.113. The maximum Gasteiger partial charge on any atom is 0.341 e. The minimum Gasteiger partial charge on any atom is -0.462 e. The molecule has 2 amide bonds. The Morgan fingerprint density at radius 2 is 1.86 bits per heavy atom. The number of ether oxygens (including phenoxy) is 1. The van der Waals surface area contributed by atoms with Crippen molar-refractivity contribution in [2.75, 3.05) is 17.7 Å². The lowest BCUT2D eigenvalue weighted by Crippen LogP contribution is -2.28. The first-order chi connectivity index (χ1) is 17.1. The van der Waals surface area contributed by atoms with Crippen molar-refractivity contribution in [3.63, 3.8) is 0 Å². The number of carbonyl (C=O) groups is 4. The highest BCUT2D eigenvalue weighted by molar-refractivity contribution is 7.99. The molecule has 0 aliphatic carbocycles. The number of nitrogens with zero attached hydrogens (tertiary/aromatic N) is 3. The number of aromatic nitrogens is 3. The first-order valence-electron chi connectivity index (χ1n) is 11.1. The summed E-state index contributed by atoms with van der Waals surface area (Å²) in [6, 6.07) is 8.44. The number of thiophene rings is 1. The van der Waals surface area contributed by atoms with Gasteiger partial charge in [-0.05, 0) is 45.4 Å². The zero-order valence-corrected chi connectivity index (χ0v) is 22.2. The van der Waals surface area contributed by atoms with Crippen molar-refractivity contribution in [2.24, 2.45) is 7.05 Å². The number of hydrogen-bond donors (Lipinski definition) is 2. The summed E-state index contributed by atoms with van der Waals surface area (Å²) in [5, 5.41) is 14.7. The third-order valence-corrected chi connectivity index (χ3v) is 7.50. The van der Waals surface area contributed by atoms with Crippen molar-refractivity contribution in [3.8, 4) is 0 Å². The highest BCUT2D eigenvalue weighted by Crippen LogP contribution is 2.34. The average molecular weight is 530 g/mol. The molecule has 0 aliphatic heterocycles. The first-order valence-corrected chi connectivity index (χ1v) is 12.9. The number of esters is 1. The monoisotopic (exact) mass is 529 g/mol. The second-order valence-corrected chi connectivity index (χ2v) is 9.80. The highest BCUT2D eigenvalue weighted by Gasteiger charge is 2.25. The van der Waals surface area contributed by atoms with Gasteiger partial charge in [-0.15, -0.1) is 21.5 Å². The molecule has 1 atom stereocenters. The van der Waals surface area contributed by atoms with E-state index in [0.29, 0.717) is 27.0 Å². The topological polar surface area (TPSA) is 132 Å². The Balaban J connectivity index is 1.66. The van der Waals surface area contributed by atoms with Crippen LogP contribution in [0.4, 0.5) is 5.00 Å². The third kappa shape index (κ3) is 6.18. The summed E-state index contributed by atoms with van der Waals surface area (Å²) in [7, 11) is 1.75. The van der Waals surface area contributed by atoms with Crippen LogP contribution in [0, 0.1) is 6.92 Å². The Morgan fingerprint density at radius 3 is 2.50 bits per heavy atom. The number of carbonyl (C=O) groups excluding carboxylic acids is 4. The number of Topliss-reactive ketones (excluding diaryl/α,β-unsaturated/α-hetero) is 1. The number of thioether (sulfide) groups is 1.